The number of carbonyl (C=O) groups is 1. The maximum absolute atomic E-state index is 12.5. The molecule has 5 nitrogen and oxygen atoms in total. The monoisotopic (exact) mass is 324 g/mol. The molecule has 1 N–H and O–H groups in total. The van der Waals surface area contributed by atoms with Crippen molar-refractivity contribution in [3.63, 3.8) is 0 Å². The lowest BCUT2D eigenvalue weighted by Gasteiger charge is -2.35. The second kappa shape index (κ2) is 6.98. The number of nitrogens with zero attached hydrogens (tertiary/aromatic N) is 1. The molecule has 0 aromatic heterocycles. The highest BCUT2D eigenvalue weighted by Crippen LogP contribution is 2.37. The Bertz CT molecular complexity index is 415. The summed E-state index contributed by atoms with van der Waals surface area (Å²) in [5.74, 6) is 0.561. The summed E-state index contributed by atoms with van der Waals surface area (Å²) in [5.41, 5.74) is -0.418. The van der Waals surface area contributed by atoms with Crippen molar-refractivity contribution in [2.45, 2.75) is 83.0 Å². The largest absolute Gasteiger partial charge is 0.444 e. The molecule has 0 aromatic rings. The lowest BCUT2D eigenvalue weighted by atomic mass is 9.92. The van der Waals surface area contributed by atoms with Gasteiger partial charge in [0.05, 0.1) is 6.61 Å². The third-order valence-electron chi connectivity index (χ3n) is 5.37. The van der Waals surface area contributed by atoms with Crippen molar-refractivity contribution in [3.05, 3.63) is 0 Å². The summed E-state index contributed by atoms with van der Waals surface area (Å²) in [6.07, 6.45) is 6.89. The van der Waals surface area contributed by atoms with Gasteiger partial charge in [-0.25, -0.2) is 4.79 Å². The molecule has 2 heterocycles. The molecule has 0 bridgehead atoms. The Hall–Kier alpha value is -0.810. The molecule has 3 fully saturated rings. The lowest BCUT2D eigenvalue weighted by Crippen LogP contribution is -2.49. The molecule has 4 unspecified atom stereocenters. The minimum atomic E-state index is -0.418. The van der Waals surface area contributed by atoms with Gasteiger partial charge in [-0.2, -0.15) is 0 Å². The van der Waals surface area contributed by atoms with E-state index in [2.05, 4.69) is 5.32 Å². The molecule has 1 saturated carbocycles. The molecule has 132 valence electrons. The second-order valence-electron chi connectivity index (χ2n) is 8.31. The summed E-state index contributed by atoms with van der Waals surface area (Å²) in [4.78, 5) is 14.5. The van der Waals surface area contributed by atoms with Crippen LogP contribution in [0, 0.1) is 5.92 Å². The molecule has 5 heteroatoms. The number of hydrogen-bond donors (Lipinski definition) is 1. The van der Waals surface area contributed by atoms with Crippen LogP contribution in [0.5, 0.6) is 0 Å². The zero-order valence-electron chi connectivity index (χ0n) is 14.8. The van der Waals surface area contributed by atoms with Crippen LogP contribution in [0.3, 0.4) is 0 Å². The Morgan fingerprint density at radius 1 is 1.17 bits per heavy atom. The number of hydrogen-bond acceptors (Lipinski definition) is 4. The van der Waals surface area contributed by atoms with Crippen molar-refractivity contribution in [1.82, 2.24) is 10.2 Å². The van der Waals surface area contributed by atoms with Crippen molar-refractivity contribution < 1.29 is 14.3 Å². The van der Waals surface area contributed by atoms with Crippen LogP contribution in [0.4, 0.5) is 4.79 Å². The van der Waals surface area contributed by atoms with Crippen molar-refractivity contribution in [1.29, 1.82) is 0 Å². The summed E-state index contributed by atoms with van der Waals surface area (Å²) in [5, 5.41) is 3.81. The van der Waals surface area contributed by atoms with Crippen LogP contribution < -0.4 is 5.32 Å². The lowest BCUT2D eigenvalue weighted by molar-refractivity contribution is 0.0164. The smallest absolute Gasteiger partial charge is 0.410 e. The van der Waals surface area contributed by atoms with Gasteiger partial charge in [0.2, 0.25) is 0 Å². The third-order valence-corrected chi connectivity index (χ3v) is 5.37. The van der Waals surface area contributed by atoms with E-state index in [1.54, 1.807) is 0 Å². The van der Waals surface area contributed by atoms with Crippen LogP contribution in [0.25, 0.3) is 0 Å². The molecule has 0 radical (unpaired) electrons. The van der Waals surface area contributed by atoms with E-state index in [0.29, 0.717) is 24.0 Å². The molecular formula is C18H32N2O3. The Morgan fingerprint density at radius 3 is 2.70 bits per heavy atom. The molecule has 3 aliphatic rings. The summed E-state index contributed by atoms with van der Waals surface area (Å²) in [7, 11) is 0. The predicted octanol–water partition coefficient (Wildman–Crippen LogP) is 2.93. The van der Waals surface area contributed by atoms with E-state index >= 15 is 0 Å². The van der Waals surface area contributed by atoms with Crippen LogP contribution in [0.2, 0.25) is 0 Å². The highest BCUT2D eigenvalue weighted by molar-refractivity contribution is 5.69. The highest BCUT2D eigenvalue weighted by Gasteiger charge is 2.42. The highest BCUT2D eigenvalue weighted by atomic mass is 16.6. The molecule has 2 aliphatic heterocycles. The minimum absolute atomic E-state index is 0.130. The van der Waals surface area contributed by atoms with E-state index in [9.17, 15) is 4.79 Å². The summed E-state index contributed by atoms with van der Waals surface area (Å²) >= 11 is 0. The van der Waals surface area contributed by atoms with Gasteiger partial charge in [-0.1, -0.05) is 6.42 Å². The molecule has 1 amide bonds. The molecule has 0 aromatic carbocycles. The number of amides is 1. The van der Waals surface area contributed by atoms with Gasteiger partial charge in [0.15, 0.2) is 0 Å². The maximum atomic E-state index is 12.5. The average molecular weight is 324 g/mol. The Morgan fingerprint density at radius 2 is 2.00 bits per heavy atom. The van der Waals surface area contributed by atoms with Gasteiger partial charge in [0, 0.05) is 31.3 Å². The molecular weight excluding hydrogens is 292 g/mol. The number of ether oxygens (including phenoxy) is 2. The van der Waals surface area contributed by atoms with Gasteiger partial charge in [-0.3, -0.25) is 0 Å². The van der Waals surface area contributed by atoms with Crippen LogP contribution in [0.15, 0.2) is 0 Å². The average Bonchev–Trinajstić information content (AvgIpc) is 3.17. The van der Waals surface area contributed by atoms with E-state index in [1.165, 1.54) is 19.3 Å². The maximum Gasteiger partial charge on any atom is 0.410 e. The fourth-order valence-corrected chi connectivity index (χ4v) is 4.41. The van der Waals surface area contributed by atoms with Gasteiger partial charge in [0.25, 0.3) is 0 Å². The standard InChI is InChI=1S/C18H32N2O3/c1-18(2,3)23-17(21)20-10-5-8-16(20)14-6-4-7-15(14)19-13-9-11-22-12-13/h13-16,19H,4-12H2,1-3H3. The summed E-state index contributed by atoms with van der Waals surface area (Å²) in [6.45, 7) is 8.38. The number of likely N-dealkylation sites (tertiary alicyclic amines) is 1. The van der Waals surface area contributed by atoms with Crippen LogP contribution >= 0.6 is 0 Å². The Balaban J connectivity index is 1.62. The molecule has 23 heavy (non-hydrogen) atoms. The molecule has 4 atom stereocenters. The van der Waals surface area contributed by atoms with Crippen LogP contribution in [0.1, 0.15) is 59.3 Å². The van der Waals surface area contributed by atoms with E-state index < -0.39 is 5.60 Å². The van der Waals surface area contributed by atoms with Crippen LogP contribution in [-0.2, 0) is 9.47 Å². The van der Waals surface area contributed by atoms with Gasteiger partial charge < -0.3 is 19.7 Å². The molecule has 2 saturated heterocycles. The fourth-order valence-electron chi connectivity index (χ4n) is 4.41. The van der Waals surface area contributed by atoms with E-state index in [4.69, 9.17) is 9.47 Å². The van der Waals surface area contributed by atoms with Crippen LogP contribution in [-0.4, -0.2) is 54.5 Å². The van der Waals surface area contributed by atoms with Crippen molar-refractivity contribution >= 4 is 6.09 Å². The normalized spacial score (nSPS) is 35.0. The predicted molar refractivity (Wildman–Crippen MR) is 89.5 cm³/mol. The molecule has 1 aliphatic carbocycles. The molecule has 0 spiro atoms. The molecule has 3 rings (SSSR count). The number of rotatable bonds is 3. The van der Waals surface area contributed by atoms with Crippen molar-refractivity contribution in [3.8, 4) is 0 Å². The van der Waals surface area contributed by atoms with E-state index in [-0.39, 0.29) is 6.09 Å². The SMILES string of the molecule is CC(C)(C)OC(=O)N1CCCC1C1CCCC1NC1CCOC1. The van der Waals surface area contributed by atoms with Crippen molar-refractivity contribution in [2.24, 2.45) is 5.92 Å². The first-order valence-corrected chi connectivity index (χ1v) is 9.27. The van der Waals surface area contributed by atoms with E-state index in [0.717, 1.165) is 39.0 Å². The number of carbonyl (C=O) groups excluding carboxylic acids is 1. The quantitative estimate of drug-likeness (QED) is 0.867. The van der Waals surface area contributed by atoms with E-state index in [1.807, 2.05) is 25.7 Å². The van der Waals surface area contributed by atoms with Crippen molar-refractivity contribution in [2.75, 3.05) is 19.8 Å². The third kappa shape index (κ3) is 4.18. The van der Waals surface area contributed by atoms with Gasteiger partial charge in [-0.05, 0) is 58.8 Å². The first-order chi connectivity index (χ1) is 10.9. The zero-order chi connectivity index (χ0) is 16.4. The zero-order valence-corrected chi connectivity index (χ0v) is 14.8. The Labute approximate surface area is 140 Å². The van der Waals surface area contributed by atoms with Gasteiger partial charge in [0.1, 0.15) is 5.60 Å². The summed E-state index contributed by atoms with van der Waals surface area (Å²) < 4.78 is 11.1. The number of nitrogens with one attached hydrogen (secondary N) is 1. The van der Waals surface area contributed by atoms with Gasteiger partial charge >= 0.3 is 6.09 Å². The Kier molecular flexibility index (Phi) is 5.16. The first-order valence-electron chi connectivity index (χ1n) is 9.27. The minimum Gasteiger partial charge on any atom is -0.444 e. The first kappa shape index (κ1) is 17.0. The topological polar surface area (TPSA) is 50.8 Å². The summed E-state index contributed by atoms with van der Waals surface area (Å²) in [6, 6.07) is 1.36. The van der Waals surface area contributed by atoms with Gasteiger partial charge in [-0.15, -0.1) is 0 Å². The fraction of sp³-hybridized carbons (Fsp3) is 0.944. The second-order valence-corrected chi connectivity index (χ2v) is 8.31.